The summed E-state index contributed by atoms with van der Waals surface area (Å²) in [5, 5.41) is 8.00. The minimum absolute atomic E-state index is 0.169. The van der Waals surface area contributed by atoms with Gasteiger partial charge in [-0.3, -0.25) is 9.59 Å². The monoisotopic (exact) mass is 427 g/mol. The number of amides is 3. The number of hydrogen-bond donors (Lipinski definition) is 3. The topological polar surface area (TPSA) is 106 Å². The summed E-state index contributed by atoms with van der Waals surface area (Å²) in [4.78, 5) is 36.3. The van der Waals surface area contributed by atoms with Crippen LogP contribution in [-0.2, 0) is 27.3 Å². The highest BCUT2D eigenvalue weighted by atomic mass is 16.6. The van der Waals surface area contributed by atoms with Crippen LogP contribution < -0.4 is 20.7 Å². The van der Waals surface area contributed by atoms with Gasteiger partial charge in [0.25, 0.3) is 0 Å². The zero-order chi connectivity index (χ0) is 22.9. The number of hydrogen-bond acceptors (Lipinski definition) is 5. The molecule has 2 aromatic rings. The number of alkyl carbamates (subject to hydrolysis) is 1. The third kappa shape index (κ3) is 8.38. The summed E-state index contributed by atoms with van der Waals surface area (Å²) in [5.41, 5.74) is 1.43. The van der Waals surface area contributed by atoms with Gasteiger partial charge in [0, 0.05) is 17.8 Å². The molecule has 166 valence electrons. The summed E-state index contributed by atoms with van der Waals surface area (Å²) >= 11 is 0. The molecule has 0 unspecified atom stereocenters. The van der Waals surface area contributed by atoms with E-state index >= 15 is 0 Å². The summed E-state index contributed by atoms with van der Waals surface area (Å²) in [6, 6.07) is 14.5. The number of carbonyl (C=O) groups excluding carboxylic acids is 3. The van der Waals surface area contributed by atoms with Crippen LogP contribution in [0.4, 0.5) is 10.5 Å². The van der Waals surface area contributed by atoms with Crippen molar-refractivity contribution < 1.29 is 23.9 Å². The fourth-order valence-electron chi connectivity index (χ4n) is 2.74. The fourth-order valence-corrected chi connectivity index (χ4v) is 2.74. The van der Waals surface area contributed by atoms with Crippen LogP contribution in [0, 0.1) is 0 Å². The van der Waals surface area contributed by atoms with Crippen molar-refractivity contribution in [2.45, 2.75) is 39.3 Å². The van der Waals surface area contributed by atoms with E-state index in [9.17, 15) is 14.4 Å². The number of methoxy groups -OCH3 is 1. The van der Waals surface area contributed by atoms with Crippen molar-refractivity contribution in [2.24, 2.45) is 0 Å². The van der Waals surface area contributed by atoms with Gasteiger partial charge < -0.3 is 25.4 Å². The Balaban J connectivity index is 1.89. The molecule has 0 heterocycles. The first-order chi connectivity index (χ1) is 14.7. The molecule has 0 aliphatic rings. The molecule has 0 saturated heterocycles. The smallest absolute Gasteiger partial charge is 0.408 e. The average Bonchev–Trinajstić information content (AvgIpc) is 2.71. The summed E-state index contributed by atoms with van der Waals surface area (Å²) in [7, 11) is 1.56. The minimum Gasteiger partial charge on any atom is -0.496 e. The van der Waals surface area contributed by atoms with Crippen molar-refractivity contribution in [3.05, 3.63) is 59.7 Å². The Kier molecular flexibility index (Phi) is 8.43. The molecule has 31 heavy (non-hydrogen) atoms. The maximum absolute atomic E-state index is 12.4. The van der Waals surface area contributed by atoms with Crippen LogP contribution in [0.5, 0.6) is 5.75 Å². The lowest BCUT2D eigenvalue weighted by molar-refractivity contribution is -0.120. The molecule has 0 spiro atoms. The number of nitrogens with one attached hydrogen (secondary N) is 3. The highest BCUT2D eigenvalue weighted by Gasteiger charge is 2.17. The third-order valence-corrected chi connectivity index (χ3v) is 4.10. The van der Waals surface area contributed by atoms with Crippen molar-refractivity contribution in [3.8, 4) is 5.75 Å². The number of rotatable bonds is 8. The van der Waals surface area contributed by atoms with E-state index in [1.165, 1.54) is 0 Å². The SMILES string of the molecule is COc1ccccc1CC(=O)NCc1ccccc1NC(=O)CNC(=O)OC(C)(C)C. The molecule has 3 N–H and O–H groups in total. The van der Waals surface area contributed by atoms with Crippen LogP contribution in [0.25, 0.3) is 0 Å². The van der Waals surface area contributed by atoms with Crippen LogP contribution in [0.1, 0.15) is 31.9 Å². The molecule has 0 aromatic heterocycles. The van der Waals surface area contributed by atoms with E-state index in [0.717, 1.165) is 11.1 Å². The van der Waals surface area contributed by atoms with Gasteiger partial charge in [-0.15, -0.1) is 0 Å². The highest BCUT2D eigenvalue weighted by molar-refractivity contribution is 5.94. The van der Waals surface area contributed by atoms with E-state index in [4.69, 9.17) is 9.47 Å². The Hall–Kier alpha value is -3.55. The first kappa shape index (κ1) is 23.7. The molecule has 0 atom stereocenters. The van der Waals surface area contributed by atoms with Crippen molar-refractivity contribution in [1.29, 1.82) is 0 Å². The second-order valence-corrected chi connectivity index (χ2v) is 7.83. The number of ether oxygens (including phenoxy) is 2. The van der Waals surface area contributed by atoms with Gasteiger partial charge in [0.05, 0.1) is 13.5 Å². The Morgan fingerprint density at radius 3 is 2.19 bits per heavy atom. The van der Waals surface area contributed by atoms with E-state index in [2.05, 4.69) is 16.0 Å². The van der Waals surface area contributed by atoms with E-state index in [1.54, 1.807) is 52.1 Å². The lowest BCUT2D eigenvalue weighted by Gasteiger charge is -2.19. The Bertz CT molecular complexity index is 921. The summed E-state index contributed by atoms with van der Waals surface area (Å²) in [6.07, 6.45) is -0.488. The summed E-state index contributed by atoms with van der Waals surface area (Å²) in [5.74, 6) is 0.0821. The first-order valence-corrected chi connectivity index (χ1v) is 9.91. The van der Waals surface area contributed by atoms with E-state index in [1.807, 2.05) is 24.3 Å². The molecule has 8 nitrogen and oxygen atoms in total. The number of anilines is 1. The normalized spacial score (nSPS) is 10.7. The zero-order valence-electron chi connectivity index (χ0n) is 18.3. The minimum atomic E-state index is -0.667. The number of carbonyl (C=O) groups is 3. The lowest BCUT2D eigenvalue weighted by atomic mass is 10.1. The Labute approximate surface area is 182 Å². The predicted molar refractivity (Wildman–Crippen MR) is 118 cm³/mol. The Morgan fingerprint density at radius 2 is 1.52 bits per heavy atom. The molecule has 0 fully saturated rings. The van der Waals surface area contributed by atoms with Crippen molar-refractivity contribution in [1.82, 2.24) is 10.6 Å². The van der Waals surface area contributed by atoms with Crippen LogP contribution in [-0.4, -0.2) is 37.2 Å². The van der Waals surface area contributed by atoms with Gasteiger partial charge in [-0.25, -0.2) is 4.79 Å². The zero-order valence-corrected chi connectivity index (χ0v) is 18.3. The second kappa shape index (κ2) is 11.0. The van der Waals surface area contributed by atoms with Crippen LogP contribution in [0.3, 0.4) is 0 Å². The van der Waals surface area contributed by atoms with E-state index < -0.39 is 17.6 Å². The van der Waals surface area contributed by atoms with Gasteiger partial charge in [-0.2, -0.15) is 0 Å². The number of benzene rings is 2. The van der Waals surface area contributed by atoms with Crippen molar-refractivity contribution in [3.63, 3.8) is 0 Å². The van der Waals surface area contributed by atoms with Crippen LogP contribution >= 0.6 is 0 Å². The molecular formula is C23H29N3O5. The first-order valence-electron chi connectivity index (χ1n) is 9.91. The Morgan fingerprint density at radius 1 is 0.871 bits per heavy atom. The number of para-hydroxylation sites is 2. The fraction of sp³-hybridized carbons (Fsp3) is 0.348. The van der Waals surface area contributed by atoms with Gasteiger partial charge in [-0.05, 0) is 38.5 Å². The van der Waals surface area contributed by atoms with Gasteiger partial charge in [0.15, 0.2) is 0 Å². The molecule has 2 aromatic carbocycles. The lowest BCUT2D eigenvalue weighted by Crippen LogP contribution is -2.37. The van der Waals surface area contributed by atoms with Gasteiger partial charge >= 0.3 is 6.09 Å². The van der Waals surface area contributed by atoms with E-state index in [-0.39, 0.29) is 25.4 Å². The molecule has 3 amide bonds. The van der Waals surface area contributed by atoms with Gasteiger partial charge in [0.2, 0.25) is 11.8 Å². The predicted octanol–water partition coefficient (Wildman–Crippen LogP) is 3.02. The van der Waals surface area contributed by atoms with Crippen molar-refractivity contribution >= 4 is 23.6 Å². The molecule has 0 saturated carbocycles. The molecule has 2 rings (SSSR count). The quantitative estimate of drug-likeness (QED) is 0.601. The van der Waals surface area contributed by atoms with E-state index in [0.29, 0.717) is 11.4 Å². The molecule has 8 heteroatoms. The van der Waals surface area contributed by atoms with Gasteiger partial charge in [0.1, 0.15) is 17.9 Å². The highest BCUT2D eigenvalue weighted by Crippen LogP contribution is 2.18. The molecule has 0 bridgehead atoms. The second-order valence-electron chi connectivity index (χ2n) is 7.83. The molecule has 0 aliphatic heterocycles. The maximum atomic E-state index is 12.4. The molecule has 0 aliphatic carbocycles. The largest absolute Gasteiger partial charge is 0.496 e. The molecular weight excluding hydrogens is 398 g/mol. The van der Waals surface area contributed by atoms with Crippen LogP contribution in [0.2, 0.25) is 0 Å². The maximum Gasteiger partial charge on any atom is 0.408 e. The summed E-state index contributed by atoms with van der Waals surface area (Å²) < 4.78 is 10.4. The summed E-state index contributed by atoms with van der Waals surface area (Å²) in [6.45, 7) is 5.23. The van der Waals surface area contributed by atoms with Crippen molar-refractivity contribution in [2.75, 3.05) is 19.0 Å². The average molecular weight is 428 g/mol. The molecule has 0 radical (unpaired) electrons. The standard InChI is InChI=1S/C23H29N3O5/c1-23(2,3)31-22(29)25-15-21(28)26-18-11-7-5-10-17(18)14-24-20(27)13-16-9-6-8-12-19(16)30-4/h5-12H,13-15H2,1-4H3,(H,24,27)(H,25,29)(H,26,28). The van der Waals surface area contributed by atoms with Gasteiger partial charge in [-0.1, -0.05) is 36.4 Å². The van der Waals surface area contributed by atoms with Crippen LogP contribution in [0.15, 0.2) is 48.5 Å². The third-order valence-electron chi connectivity index (χ3n) is 4.10.